The number of nitrogens with one attached hydrogen (secondary N) is 1. The van der Waals surface area contributed by atoms with Crippen molar-refractivity contribution in [3.05, 3.63) is 24.0 Å². The minimum Gasteiger partial charge on any atom is -0.381 e. The highest BCUT2D eigenvalue weighted by molar-refractivity contribution is 5.48. The van der Waals surface area contributed by atoms with E-state index in [1.54, 1.807) is 0 Å². The van der Waals surface area contributed by atoms with E-state index in [1.807, 2.05) is 18.5 Å². The van der Waals surface area contributed by atoms with Crippen molar-refractivity contribution >= 4 is 5.69 Å². The predicted molar refractivity (Wildman–Crippen MR) is 70.3 cm³/mol. The SMILES string of the molecule is CCC1(C)CC(Nc2cnccc2C)CCO1. The van der Waals surface area contributed by atoms with Crippen molar-refractivity contribution in [1.82, 2.24) is 4.98 Å². The van der Waals surface area contributed by atoms with Crippen molar-refractivity contribution in [3.63, 3.8) is 0 Å². The number of pyridine rings is 1. The first-order chi connectivity index (χ1) is 8.13. The summed E-state index contributed by atoms with van der Waals surface area (Å²) in [5, 5.41) is 3.60. The van der Waals surface area contributed by atoms with Gasteiger partial charge in [-0.25, -0.2) is 0 Å². The van der Waals surface area contributed by atoms with E-state index in [4.69, 9.17) is 4.74 Å². The molecule has 1 aromatic rings. The van der Waals surface area contributed by atoms with Crippen LogP contribution < -0.4 is 5.32 Å². The summed E-state index contributed by atoms with van der Waals surface area (Å²) in [6.45, 7) is 7.36. The Morgan fingerprint density at radius 3 is 3.12 bits per heavy atom. The molecule has 17 heavy (non-hydrogen) atoms. The topological polar surface area (TPSA) is 34.2 Å². The van der Waals surface area contributed by atoms with E-state index in [1.165, 1.54) is 5.56 Å². The number of aryl methyl sites for hydroxylation is 1. The van der Waals surface area contributed by atoms with Crippen LogP contribution in [0.15, 0.2) is 18.5 Å². The van der Waals surface area contributed by atoms with Gasteiger partial charge >= 0.3 is 0 Å². The van der Waals surface area contributed by atoms with Gasteiger partial charge in [0.25, 0.3) is 0 Å². The average molecular weight is 234 g/mol. The summed E-state index contributed by atoms with van der Waals surface area (Å²) in [7, 11) is 0. The maximum atomic E-state index is 5.86. The molecule has 0 spiro atoms. The molecule has 1 saturated heterocycles. The minimum atomic E-state index is 0.0338. The van der Waals surface area contributed by atoms with Gasteiger partial charge in [-0.2, -0.15) is 0 Å². The molecule has 0 aromatic carbocycles. The van der Waals surface area contributed by atoms with Gasteiger partial charge < -0.3 is 10.1 Å². The zero-order valence-corrected chi connectivity index (χ0v) is 11.0. The largest absolute Gasteiger partial charge is 0.381 e. The Morgan fingerprint density at radius 1 is 1.59 bits per heavy atom. The lowest BCUT2D eigenvalue weighted by Crippen LogP contribution is -2.41. The minimum absolute atomic E-state index is 0.0338. The fraction of sp³-hybridized carbons (Fsp3) is 0.643. The Kier molecular flexibility index (Phi) is 3.67. The average Bonchev–Trinajstić information content (AvgIpc) is 2.32. The molecule has 0 aliphatic carbocycles. The molecule has 0 radical (unpaired) electrons. The highest BCUT2D eigenvalue weighted by atomic mass is 16.5. The molecule has 0 saturated carbocycles. The van der Waals surface area contributed by atoms with Crippen LogP contribution in [0.5, 0.6) is 0 Å². The first-order valence-electron chi connectivity index (χ1n) is 6.44. The van der Waals surface area contributed by atoms with Crippen molar-refractivity contribution in [2.24, 2.45) is 0 Å². The van der Waals surface area contributed by atoms with Crippen LogP contribution in [0.25, 0.3) is 0 Å². The number of aromatic nitrogens is 1. The van der Waals surface area contributed by atoms with Crippen molar-refractivity contribution < 1.29 is 4.74 Å². The van der Waals surface area contributed by atoms with Gasteiger partial charge in [0, 0.05) is 18.8 Å². The molecule has 2 heterocycles. The van der Waals surface area contributed by atoms with E-state index < -0.39 is 0 Å². The predicted octanol–water partition coefficient (Wildman–Crippen LogP) is 3.15. The number of hydrogen-bond acceptors (Lipinski definition) is 3. The molecule has 3 heteroatoms. The van der Waals surface area contributed by atoms with Gasteiger partial charge in [-0.3, -0.25) is 4.98 Å². The van der Waals surface area contributed by atoms with Crippen LogP contribution in [0.1, 0.15) is 38.7 Å². The smallest absolute Gasteiger partial charge is 0.0671 e. The second-order valence-electron chi connectivity index (χ2n) is 5.18. The molecule has 2 rings (SSSR count). The van der Waals surface area contributed by atoms with E-state index in [0.717, 1.165) is 31.6 Å². The summed E-state index contributed by atoms with van der Waals surface area (Å²) in [6, 6.07) is 2.54. The zero-order valence-electron chi connectivity index (χ0n) is 11.0. The number of ether oxygens (including phenoxy) is 1. The van der Waals surface area contributed by atoms with E-state index in [0.29, 0.717) is 6.04 Å². The Morgan fingerprint density at radius 2 is 2.41 bits per heavy atom. The third-order valence-corrected chi connectivity index (χ3v) is 3.74. The van der Waals surface area contributed by atoms with Crippen LogP contribution in [0, 0.1) is 6.92 Å². The van der Waals surface area contributed by atoms with E-state index in [2.05, 4.69) is 31.1 Å². The lowest BCUT2D eigenvalue weighted by molar-refractivity contribution is -0.0708. The van der Waals surface area contributed by atoms with Crippen LogP contribution in [-0.4, -0.2) is 23.2 Å². The van der Waals surface area contributed by atoms with Crippen molar-refractivity contribution in [3.8, 4) is 0 Å². The third-order valence-electron chi connectivity index (χ3n) is 3.74. The summed E-state index contributed by atoms with van der Waals surface area (Å²) in [6.07, 6.45) is 6.95. The van der Waals surface area contributed by atoms with Gasteiger partial charge in [0.2, 0.25) is 0 Å². The van der Waals surface area contributed by atoms with Gasteiger partial charge in [-0.15, -0.1) is 0 Å². The quantitative estimate of drug-likeness (QED) is 0.872. The highest BCUT2D eigenvalue weighted by Gasteiger charge is 2.31. The molecule has 0 amide bonds. The summed E-state index contributed by atoms with van der Waals surface area (Å²) < 4.78 is 5.86. The molecule has 1 aliphatic heterocycles. The fourth-order valence-corrected chi connectivity index (χ4v) is 2.33. The summed E-state index contributed by atoms with van der Waals surface area (Å²) in [5.74, 6) is 0. The van der Waals surface area contributed by atoms with Crippen LogP contribution >= 0.6 is 0 Å². The zero-order chi connectivity index (χ0) is 12.3. The Hall–Kier alpha value is -1.09. The monoisotopic (exact) mass is 234 g/mol. The van der Waals surface area contributed by atoms with Gasteiger partial charge in [-0.1, -0.05) is 6.92 Å². The maximum Gasteiger partial charge on any atom is 0.0671 e. The Labute approximate surface area is 104 Å². The van der Waals surface area contributed by atoms with Crippen molar-refractivity contribution in [2.75, 3.05) is 11.9 Å². The number of anilines is 1. The fourth-order valence-electron chi connectivity index (χ4n) is 2.33. The number of hydrogen-bond donors (Lipinski definition) is 1. The molecule has 1 fully saturated rings. The standard InChI is InChI=1S/C14H22N2O/c1-4-14(3)9-12(6-8-17-14)16-13-10-15-7-5-11(13)2/h5,7,10,12,16H,4,6,8-9H2,1-3H3. The van der Waals surface area contributed by atoms with E-state index in [-0.39, 0.29) is 5.60 Å². The lowest BCUT2D eigenvalue weighted by Gasteiger charge is -2.38. The first kappa shape index (κ1) is 12.4. The summed E-state index contributed by atoms with van der Waals surface area (Å²) in [5.41, 5.74) is 2.44. The van der Waals surface area contributed by atoms with Crippen LogP contribution in [-0.2, 0) is 4.74 Å². The Bertz CT molecular complexity index is 380. The molecule has 1 N–H and O–H groups in total. The van der Waals surface area contributed by atoms with Gasteiger partial charge in [0.05, 0.1) is 17.5 Å². The second-order valence-corrected chi connectivity index (χ2v) is 5.18. The van der Waals surface area contributed by atoms with Crippen molar-refractivity contribution in [1.29, 1.82) is 0 Å². The van der Waals surface area contributed by atoms with Crippen LogP contribution in [0.4, 0.5) is 5.69 Å². The molecule has 2 atom stereocenters. The first-order valence-corrected chi connectivity index (χ1v) is 6.44. The van der Waals surface area contributed by atoms with E-state index in [9.17, 15) is 0 Å². The van der Waals surface area contributed by atoms with Crippen LogP contribution in [0.3, 0.4) is 0 Å². The molecular formula is C14H22N2O. The molecule has 2 unspecified atom stereocenters. The second kappa shape index (κ2) is 5.05. The van der Waals surface area contributed by atoms with Gasteiger partial charge in [0.15, 0.2) is 0 Å². The van der Waals surface area contributed by atoms with Crippen LogP contribution in [0.2, 0.25) is 0 Å². The summed E-state index contributed by atoms with van der Waals surface area (Å²) in [4.78, 5) is 4.17. The Balaban J connectivity index is 2.02. The van der Waals surface area contributed by atoms with Gasteiger partial charge in [-0.05, 0) is 44.7 Å². The molecule has 1 aliphatic rings. The van der Waals surface area contributed by atoms with Crippen molar-refractivity contribution in [2.45, 2.75) is 51.7 Å². The summed E-state index contributed by atoms with van der Waals surface area (Å²) >= 11 is 0. The molecule has 3 nitrogen and oxygen atoms in total. The third kappa shape index (κ3) is 2.97. The molecular weight excluding hydrogens is 212 g/mol. The molecule has 0 bridgehead atoms. The maximum absolute atomic E-state index is 5.86. The van der Waals surface area contributed by atoms with Gasteiger partial charge in [0.1, 0.15) is 0 Å². The molecule has 94 valence electrons. The van der Waals surface area contributed by atoms with E-state index >= 15 is 0 Å². The lowest BCUT2D eigenvalue weighted by atomic mass is 9.90. The normalized spacial score (nSPS) is 29.0. The molecule has 1 aromatic heterocycles. The number of rotatable bonds is 3. The highest BCUT2D eigenvalue weighted by Crippen LogP contribution is 2.29. The number of nitrogens with zero attached hydrogens (tertiary/aromatic N) is 1.